The molecule has 0 bridgehead atoms. The molecule has 29 heavy (non-hydrogen) atoms. The molecular formula is C21H18N4O4. The van der Waals surface area contributed by atoms with E-state index in [2.05, 4.69) is 9.97 Å². The Hall–Kier alpha value is -3.78. The van der Waals surface area contributed by atoms with Gasteiger partial charge >= 0.3 is 0 Å². The summed E-state index contributed by atoms with van der Waals surface area (Å²) in [5.74, 6) is 1.12. The molecule has 0 unspecified atom stereocenters. The molecule has 8 heteroatoms. The highest BCUT2D eigenvalue weighted by atomic mass is 16.6. The lowest BCUT2D eigenvalue weighted by atomic mass is 10.2. The van der Waals surface area contributed by atoms with Crippen LogP contribution in [0.25, 0.3) is 16.7 Å². The van der Waals surface area contributed by atoms with Crippen molar-refractivity contribution in [3.05, 3.63) is 89.0 Å². The maximum absolute atomic E-state index is 11.2. The predicted molar refractivity (Wildman–Crippen MR) is 107 cm³/mol. The number of ether oxygens (including phenoxy) is 2. The Morgan fingerprint density at radius 3 is 2.69 bits per heavy atom. The molecule has 0 amide bonds. The molecule has 0 N–H and O–H groups in total. The van der Waals surface area contributed by atoms with Crippen molar-refractivity contribution in [2.24, 2.45) is 0 Å². The second kappa shape index (κ2) is 8.49. The molecule has 0 atom stereocenters. The lowest BCUT2D eigenvalue weighted by molar-refractivity contribution is -0.384. The lowest BCUT2D eigenvalue weighted by Gasteiger charge is -2.12. The van der Waals surface area contributed by atoms with Gasteiger partial charge < -0.3 is 9.47 Å². The van der Waals surface area contributed by atoms with Crippen LogP contribution >= 0.6 is 0 Å². The van der Waals surface area contributed by atoms with E-state index in [-0.39, 0.29) is 5.69 Å². The normalized spacial score (nSPS) is 10.9. The highest BCUT2D eigenvalue weighted by Crippen LogP contribution is 2.30. The Kier molecular flexibility index (Phi) is 5.44. The van der Waals surface area contributed by atoms with Crippen molar-refractivity contribution in [3.8, 4) is 11.6 Å². The average molecular weight is 390 g/mol. The van der Waals surface area contributed by atoms with Crippen LogP contribution in [0.5, 0.6) is 5.75 Å². The Balaban J connectivity index is 1.53. The number of nitro benzene ring substituents is 1. The highest BCUT2D eigenvalue weighted by Gasteiger charge is 2.13. The summed E-state index contributed by atoms with van der Waals surface area (Å²) in [7, 11) is 0. The second-order valence-corrected chi connectivity index (χ2v) is 6.29. The number of benzene rings is 2. The van der Waals surface area contributed by atoms with E-state index in [9.17, 15) is 10.1 Å². The van der Waals surface area contributed by atoms with Gasteiger partial charge in [-0.25, -0.2) is 9.97 Å². The molecule has 0 radical (unpaired) electrons. The first-order valence-electron chi connectivity index (χ1n) is 9.03. The smallest absolute Gasteiger partial charge is 0.270 e. The summed E-state index contributed by atoms with van der Waals surface area (Å²) >= 11 is 0. The van der Waals surface area contributed by atoms with Crippen LogP contribution in [0.3, 0.4) is 0 Å². The number of nitrogens with zero attached hydrogens (tertiary/aromatic N) is 4. The maximum Gasteiger partial charge on any atom is 0.270 e. The van der Waals surface area contributed by atoms with Gasteiger partial charge in [0.05, 0.1) is 23.7 Å². The Morgan fingerprint density at radius 2 is 1.93 bits per heavy atom. The second-order valence-electron chi connectivity index (χ2n) is 6.29. The fourth-order valence-electron chi connectivity index (χ4n) is 2.90. The van der Waals surface area contributed by atoms with E-state index in [4.69, 9.17) is 9.47 Å². The van der Waals surface area contributed by atoms with Gasteiger partial charge in [-0.2, -0.15) is 0 Å². The molecule has 0 saturated heterocycles. The first-order valence-corrected chi connectivity index (χ1v) is 9.03. The molecule has 4 rings (SSSR count). The largest absolute Gasteiger partial charge is 0.490 e. The summed E-state index contributed by atoms with van der Waals surface area (Å²) < 4.78 is 13.3. The molecule has 0 aliphatic heterocycles. The van der Waals surface area contributed by atoms with Gasteiger partial charge in [0.25, 0.3) is 5.69 Å². The average Bonchev–Trinajstić information content (AvgIpc) is 3.28. The van der Waals surface area contributed by atoms with Crippen LogP contribution in [0, 0.1) is 10.1 Å². The zero-order valence-corrected chi connectivity index (χ0v) is 15.5. The van der Waals surface area contributed by atoms with Gasteiger partial charge in [0.2, 0.25) is 0 Å². The molecule has 2 aromatic heterocycles. The fraction of sp³-hybridized carbons (Fsp3) is 0.143. The van der Waals surface area contributed by atoms with Gasteiger partial charge in [-0.3, -0.25) is 14.7 Å². The molecule has 2 heterocycles. The van der Waals surface area contributed by atoms with Crippen molar-refractivity contribution in [2.45, 2.75) is 6.61 Å². The minimum Gasteiger partial charge on any atom is -0.490 e. The van der Waals surface area contributed by atoms with Crippen LogP contribution < -0.4 is 4.74 Å². The SMILES string of the molecule is O=[N+]([O-])c1ccc2nc(-n3ccnc3)cc(OCCOCc3ccccc3)c2c1. The van der Waals surface area contributed by atoms with E-state index in [1.54, 1.807) is 35.4 Å². The first-order chi connectivity index (χ1) is 14.2. The summed E-state index contributed by atoms with van der Waals surface area (Å²) in [6.07, 6.45) is 5.05. The Bertz CT molecular complexity index is 1110. The summed E-state index contributed by atoms with van der Waals surface area (Å²) in [5, 5.41) is 11.7. The van der Waals surface area contributed by atoms with Gasteiger partial charge in [0.15, 0.2) is 0 Å². The van der Waals surface area contributed by atoms with Crippen molar-refractivity contribution < 1.29 is 14.4 Å². The molecule has 0 spiro atoms. The summed E-state index contributed by atoms with van der Waals surface area (Å²) in [6.45, 7) is 1.18. The van der Waals surface area contributed by atoms with Crippen molar-refractivity contribution in [3.63, 3.8) is 0 Å². The van der Waals surface area contributed by atoms with E-state index in [0.29, 0.717) is 42.3 Å². The standard InChI is InChI=1S/C21H18N4O4/c26-25(27)17-6-7-19-18(12-17)20(13-21(23-19)24-9-8-22-15-24)29-11-10-28-14-16-4-2-1-3-5-16/h1-9,12-13,15H,10-11,14H2. The molecule has 8 nitrogen and oxygen atoms in total. The first kappa shape index (κ1) is 18.6. The lowest BCUT2D eigenvalue weighted by Crippen LogP contribution is -2.08. The van der Waals surface area contributed by atoms with E-state index in [1.807, 2.05) is 30.3 Å². The monoisotopic (exact) mass is 390 g/mol. The van der Waals surface area contributed by atoms with Gasteiger partial charge in [0, 0.05) is 36.0 Å². The summed E-state index contributed by atoms with van der Waals surface area (Å²) in [6, 6.07) is 16.1. The van der Waals surface area contributed by atoms with E-state index < -0.39 is 4.92 Å². The van der Waals surface area contributed by atoms with Crippen LogP contribution in [0.2, 0.25) is 0 Å². The van der Waals surface area contributed by atoms with Crippen LogP contribution in [0.1, 0.15) is 5.56 Å². The van der Waals surface area contributed by atoms with E-state index in [0.717, 1.165) is 5.56 Å². The number of hydrogen-bond donors (Lipinski definition) is 0. The zero-order valence-electron chi connectivity index (χ0n) is 15.5. The summed E-state index contributed by atoms with van der Waals surface area (Å²) in [5.41, 5.74) is 1.67. The third-order valence-corrected chi connectivity index (χ3v) is 4.32. The van der Waals surface area contributed by atoms with Crippen LogP contribution in [0.4, 0.5) is 5.69 Å². The van der Waals surface area contributed by atoms with Gasteiger partial charge in [-0.05, 0) is 11.6 Å². The number of pyridine rings is 1. The summed E-state index contributed by atoms with van der Waals surface area (Å²) in [4.78, 5) is 19.3. The minimum absolute atomic E-state index is 0.0140. The van der Waals surface area contributed by atoms with Gasteiger partial charge in [-0.15, -0.1) is 0 Å². The predicted octanol–water partition coefficient (Wildman–Crippen LogP) is 3.92. The van der Waals surface area contributed by atoms with Crippen molar-refractivity contribution in [1.82, 2.24) is 14.5 Å². The molecule has 2 aromatic carbocycles. The molecule has 146 valence electrons. The van der Waals surface area contributed by atoms with Crippen LogP contribution in [0.15, 0.2) is 73.3 Å². The van der Waals surface area contributed by atoms with Crippen molar-refractivity contribution in [2.75, 3.05) is 13.2 Å². The third kappa shape index (κ3) is 4.39. The number of non-ortho nitro benzene ring substituents is 1. The molecule has 4 aromatic rings. The van der Waals surface area contributed by atoms with Crippen LogP contribution in [-0.4, -0.2) is 32.7 Å². The number of imidazole rings is 1. The van der Waals surface area contributed by atoms with E-state index in [1.165, 1.54) is 12.1 Å². The Morgan fingerprint density at radius 1 is 1.07 bits per heavy atom. The minimum atomic E-state index is -0.435. The van der Waals surface area contributed by atoms with Crippen molar-refractivity contribution >= 4 is 16.6 Å². The zero-order chi connectivity index (χ0) is 20.1. The van der Waals surface area contributed by atoms with Gasteiger partial charge in [0.1, 0.15) is 24.5 Å². The quantitative estimate of drug-likeness (QED) is 0.257. The Labute approximate surface area is 166 Å². The maximum atomic E-state index is 11.2. The molecule has 0 saturated carbocycles. The van der Waals surface area contributed by atoms with E-state index >= 15 is 0 Å². The number of aromatic nitrogens is 3. The third-order valence-electron chi connectivity index (χ3n) is 4.32. The fourth-order valence-corrected chi connectivity index (χ4v) is 2.90. The number of nitro groups is 1. The topological polar surface area (TPSA) is 92.3 Å². The number of hydrogen-bond acceptors (Lipinski definition) is 6. The number of rotatable bonds is 8. The molecule has 0 aliphatic rings. The highest BCUT2D eigenvalue weighted by molar-refractivity contribution is 5.88. The van der Waals surface area contributed by atoms with Crippen molar-refractivity contribution in [1.29, 1.82) is 0 Å². The molecule has 0 aliphatic carbocycles. The van der Waals surface area contributed by atoms with Gasteiger partial charge in [-0.1, -0.05) is 30.3 Å². The molecular weight excluding hydrogens is 372 g/mol. The van der Waals surface area contributed by atoms with Crippen LogP contribution in [-0.2, 0) is 11.3 Å². The molecule has 0 fully saturated rings. The number of fused-ring (bicyclic) bond motifs is 1.